The summed E-state index contributed by atoms with van der Waals surface area (Å²) in [6, 6.07) is 0. The van der Waals surface area contributed by atoms with Gasteiger partial charge < -0.3 is 19.7 Å². The molecule has 0 amide bonds. The van der Waals surface area contributed by atoms with Crippen LogP contribution in [0, 0.1) is 11.8 Å². The van der Waals surface area contributed by atoms with Gasteiger partial charge in [-0.05, 0) is 94.4 Å². The van der Waals surface area contributed by atoms with Gasteiger partial charge in [-0.3, -0.25) is 9.59 Å². The zero-order valence-corrected chi connectivity index (χ0v) is 27.8. The van der Waals surface area contributed by atoms with Gasteiger partial charge in [-0.1, -0.05) is 52.7 Å². The number of hydrogen-bond donors (Lipinski definition) is 2. The monoisotopic (exact) mass is 600 g/mol. The summed E-state index contributed by atoms with van der Waals surface area (Å²) in [7, 11) is 0. The molecule has 6 nitrogen and oxygen atoms in total. The topological polar surface area (TPSA) is 93.1 Å². The van der Waals surface area contributed by atoms with Crippen molar-refractivity contribution in [2.75, 3.05) is 0 Å². The molecule has 6 rings (SSSR count). The van der Waals surface area contributed by atoms with Crippen LogP contribution in [0.4, 0.5) is 0 Å². The van der Waals surface area contributed by atoms with Crippen molar-refractivity contribution in [2.45, 2.75) is 118 Å². The maximum atomic E-state index is 14.7. The van der Waals surface area contributed by atoms with Gasteiger partial charge in [0.1, 0.15) is 22.8 Å². The van der Waals surface area contributed by atoms with Gasteiger partial charge in [0.05, 0.1) is 5.60 Å². The molecule has 4 atom stereocenters. The van der Waals surface area contributed by atoms with Gasteiger partial charge in [-0.15, -0.1) is 0 Å². The lowest BCUT2D eigenvalue weighted by Crippen LogP contribution is -2.72. The number of phenols is 2. The average molecular weight is 601 g/mol. The van der Waals surface area contributed by atoms with E-state index in [4.69, 9.17) is 9.47 Å². The predicted octanol–water partition coefficient (Wildman–Crippen LogP) is 8.20. The smallest absolute Gasteiger partial charge is 0.200 e. The number of ether oxygens (including phenoxy) is 2. The molecule has 5 aliphatic rings. The van der Waals surface area contributed by atoms with E-state index in [9.17, 15) is 19.8 Å². The van der Waals surface area contributed by atoms with Crippen molar-refractivity contribution >= 4 is 11.6 Å². The number of aromatic hydroxyl groups is 2. The molecule has 44 heavy (non-hydrogen) atoms. The van der Waals surface area contributed by atoms with Crippen molar-refractivity contribution < 1.29 is 29.3 Å². The molecule has 2 fully saturated rings. The summed E-state index contributed by atoms with van der Waals surface area (Å²) in [5.74, 6) is -1.33. The van der Waals surface area contributed by atoms with Crippen molar-refractivity contribution in [1.29, 1.82) is 0 Å². The zero-order chi connectivity index (χ0) is 32.4. The molecule has 0 aromatic heterocycles. The van der Waals surface area contributed by atoms with Crippen molar-refractivity contribution in [1.82, 2.24) is 0 Å². The largest absolute Gasteiger partial charge is 0.507 e. The van der Waals surface area contributed by atoms with E-state index >= 15 is 0 Å². The fourth-order valence-electron chi connectivity index (χ4n) is 7.76. The maximum Gasteiger partial charge on any atom is 0.200 e. The minimum Gasteiger partial charge on any atom is -0.507 e. The van der Waals surface area contributed by atoms with Gasteiger partial charge >= 0.3 is 0 Å². The van der Waals surface area contributed by atoms with E-state index < -0.39 is 22.7 Å². The summed E-state index contributed by atoms with van der Waals surface area (Å²) in [4.78, 5) is 28.8. The number of rotatable bonds is 9. The number of fused-ring (bicyclic) bond motifs is 1. The van der Waals surface area contributed by atoms with Crippen LogP contribution in [0.15, 0.2) is 58.2 Å². The lowest BCUT2D eigenvalue weighted by atomic mass is 9.51. The Morgan fingerprint density at radius 2 is 1.52 bits per heavy atom. The van der Waals surface area contributed by atoms with E-state index in [-0.39, 0.29) is 53.1 Å². The summed E-state index contributed by atoms with van der Waals surface area (Å²) in [6.07, 6.45) is 13.1. The lowest BCUT2D eigenvalue weighted by Gasteiger charge is -2.56. The molecule has 1 saturated carbocycles. The van der Waals surface area contributed by atoms with Gasteiger partial charge in [-0.25, -0.2) is 0 Å². The molecular formula is C38H48O6. The number of benzene rings is 1. The van der Waals surface area contributed by atoms with Crippen LogP contribution in [-0.2, 0) is 22.4 Å². The van der Waals surface area contributed by atoms with Crippen LogP contribution in [0.25, 0.3) is 0 Å². The summed E-state index contributed by atoms with van der Waals surface area (Å²) in [5, 5.41) is 23.5. The first kappa shape index (κ1) is 32.0. The molecule has 3 aliphatic carbocycles. The normalized spacial score (nSPS) is 27.7. The van der Waals surface area contributed by atoms with Crippen LogP contribution < -0.4 is 4.74 Å². The third-order valence-corrected chi connectivity index (χ3v) is 9.95. The molecule has 1 aromatic carbocycles. The third kappa shape index (κ3) is 4.81. The Kier molecular flexibility index (Phi) is 8.16. The Morgan fingerprint density at radius 1 is 0.886 bits per heavy atom. The Morgan fingerprint density at radius 3 is 2.16 bits per heavy atom. The highest BCUT2D eigenvalue weighted by molar-refractivity contribution is 6.18. The molecule has 1 spiro atoms. The molecular weight excluding hydrogens is 552 g/mol. The minimum atomic E-state index is -1.39. The number of carbonyl (C=O) groups excluding carboxylic acids is 2. The van der Waals surface area contributed by atoms with Crippen LogP contribution in [0.3, 0.4) is 0 Å². The first-order valence-corrected chi connectivity index (χ1v) is 15.9. The quantitative estimate of drug-likeness (QED) is 0.278. The van der Waals surface area contributed by atoms with E-state index in [0.29, 0.717) is 29.5 Å². The summed E-state index contributed by atoms with van der Waals surface area (Å²) in [5.41, 5.74) is 2.21. The van der Waals surface area contributed by atoms with Gasteiger partial charge in [0.2, 0.25) is 0 Å². The second kappa shape index (κ2) is 11.2. The Hall–Kier alpha value is -3.38. The van der Waals surface area contributed by atoms with Crippen molar-refractivity contribution in [3.63, 3.8) is 0 Å². The lowest BCUT2D eigenvalue weighted by molar-refractivity contribution is -0.171. The predicted molar refractivity (Wildman–Crippen MR) is 173 cm³/mol. The number of carbonyl (C=O) groups is 2. The highest BCUT2D eigenvalue weighted by Gasteiger charge is 2.81. The summed E-state index contributed by atoms with van der Waals surface area (Å²) in [6.45, 7) is 18.0. The van der Waals surface area contributed by atoms with Gasteiger partial charge in [-0.2, -0.15) is 0 Å². The molecule has 2 heterocycles. The van der Waals surface area contributed by atoms with Crippen molar-refractivity contribution in [3.8, 4) is 17.2 Å². The second-order valence-electron chi connectivity index (χ2n) is 14.4. The van der Waals surface area contributed by atoms with Crippen LogP contribution in [-0.4, -0.2) is 38.6 Å². The molecule has 2 N–H and O–H groups in total. The fourth-order valence-corrected chi connectivity index (χ4v) is 7.76. The average Bonchev–Trinajstić information content (AvgIpc) is 3.08. The van der Waals surface area contributed by atoms with Gasteiger partial charge in [0, 0.05) is 35.0 Å². The summed E-state index contributed by atoms with van der Waals surface area (Å²) >= 11 is 0. The van der Waals surface area contributed by atoms with E-state index in [1.807, 2.05) is 66.7 Å². The van der Waals surface area contributed by atoms with Gasteiger partial charge in [0.25, 0.3) is 0 Å². The SMILES string of the molecule is CC(C)=CCC/C(C)=C/Cc1c(O)c(CC=C(C)C)c2c(c1O)C(=O)C1=CC3CC4C(C)(C)O[C@](CC=C(C)C)(C3=O)[C@@]14O2. The van der Waals surface area contributed by atoms with E-state index in [1.54, 1.807) is 6.08 Å². The third-order valence-electron chi connectivity index (χ3n) is 9.95. The molecule has 1 saturated heterocycles. The number of allylic oxidation sites excluding steroid dienone is 8. The second-order valence-corrected chi connectivity index (χ2v) is 14.4. The first-order valence-electron chi connectivity index (χ1n) is 15.9. The highest BCUT2D eigenvalue weighted by Crippen LogP contribution is 2.68. The number of phenolic OH excluding ortho intramolecular Hbond substituents is 2. The molecule has 236 valence electrons. The van der Waals surface area contributed by atoms with Gasteiger partial charge in [0.15, 0.2) is 22.8 Å². The molecule has 2 unspecified atom stereocenters. The highest BCUT2D eigenvalue weighted by atomic mass is 16.6. The van der Waals surface area contributed by atoms with E-state index in [1.165, 1.54) is 5.57 Å². The van der Waals surface area contributed by atoms with Crippen LogP contribution >= 0.6 is 0 Å². The van der Waals surface area contributed by atoms with Crippen LogP contribution in [0.2, 0.25) is 0 Å². The molecule has 6 heteroatoms. The Bertz CT molecular complexity index is 1570. The maximum absolute atomic E-state index is 14.7. The van der Waals surface area contributed by atoms with E-state index in [2.05, 4.69) is 19.9 Å². The number of ketones is 2. The Balaban J connectivity index is 1.71. The van der Waals surface area contributed by atoms with Crippen LogP contribution in [0.5, 0.6) is 17.2 Å². The molecule has 0 radical (unpaired) electrons. The standard InChI is InChI=1S/C38H48O6/c1-21(2)11-10-12-24(7)14-16-26-31(39)27(15-13-22(3)4)34-30(32(26)40)33(41)28-19-25-20-29-36(8,9)44-37(35(25)42,18-17-23(5)6)38(28,29)43-34/h11,13-14,17,19,25,29,39-40H,10,12,15-16,18,20H2,1-9H3/b24-14+/t25?,29?,37-,38-/m1/s1. The number of hydrogen-bond acceptors (Lipinski definition) is 6. The van der Waals surface area contributed by atoms with Crippen molar-refractivity contribution in [2.24, 2.45) is 11.8 Å². The molecule has 2 aliphatic heterocycles. The zero-order valence-electron chi connectivity index (χ0n) is 27.8. The van der Waals surface area contributed by atoms with Crippen molar-refractivity contribution in [3.05, 3.63) is 74.9 Å². The molecule has 1 aromatic rings. The summed E-state index contributed by atoms with van der Waals surface area (Å²) < 4.78 is 13.8. The first-order chi connectivity index (χ1) is 20.6. The fraction of sp³-hybridized carbons (Fsp3) is 0.526. The number of Topliss-reactive ketones (excluding diaryl/α,β-unsaturated/α-hetero) is 2. The van der Waals surface area contributed by atoms with Crippen LogP contribution in [0.1, 0.15) is 109 Å². The minimum absolute atomic E-state index is 0.0667. The molecule has 4 bridgehead atoms. The Labute approximate surface area is 262 Å². The van der Waals surface area contributed by atoms with E-state index in [0.717, 1.165) is 29.6 Å².